The summed E-state index contributed by atoms with van der Waals surface area (Å²) in [6, 6.07) is 3.86. The zero-order valence-corrected chi connectivity index (χ0v) is 13.5. The van der Waals surface area contributed by atoms with Crippen molar-refractivity contribution in [1.82, 2.24) is 4.72 Å². The van der Waals surface area contributed by atoms with Gasteiger partial charge in [0.25, 0.3) is 5.69 Å². The standard InChI is InChI=1S/C13H21N3O4S/c1-5-8-14-11-7-6-10(9-12(11)16(17)18)21(19,20)15-13(2,3)4/h6-7,9,14-15H,5,8H2,1-4H3. The molecule has 7 nitrogen and oxygen atoms in total. The van der Waals surface area contributed by atoms with Crippen molar-refractivity contribution in [3.8, 4) is 0 Å². The summed E-state index contributed by atoms with van der Waals surface area (Å²) >= 11 is 0. The van der Waals surface area contributed by atoms with Crippen LogP contribution in [0, 0.1) is 10.1 Å². The third-order valence-electron chi connectivity index (χ3n) is 2.48. The number of benzene rings is 1. The zero-order valence-electron chi connectivity index (χ0n) is 12.6. The van der Waals surface area contributed by atoms with E-state index in [9.17, 15) is 18.5 Å². The Bertz CT molecular complexity index is 621. The van der Waals surface area contributed by atoms with Crippen molar-refractivity contribution < 1.29 is 13.3 Å². The monoisotopic (exact) mass is 315 g/mol. The molecule has 0 aliphatic heterocycles. The van der Waals surface area contributed by atoms with Crippen LogP contribution in [0.2, 0.25) is 0 Å². The lowest BCUT2D eigenvalue weighted by Crippen LogP contribution is -2.40. The molecule has 2 N–H and O–H groups in total. The lowest BCUT2D eigenvalue weighted by Gasteiger charge is -2.20. The molecule has 0 bridgehead atoms. The maximum atomic E-state index is 12.2. The van der Waals surface area contributed by atoms with Gasteiger partial charge in [-0.3, -0.25) is 10.1 Å². The molecule has 21 heavy (non-hydrogen) atoms. The van der Waals surface area contributed by atoms with E-state index in [4.69, 9.17) is 0 Å². The van der Waals surface area contributed by atoms with Crippen molar-refractivity contribution in [2.45, 2.75) is 44.6 Å². The molecule has 0 fully saturated rings. The van der Waals surface area contributed by atoms with Crippen LogP contribution in [-0.4, -0.2) is 25.4 Å². The van der Waals surface area contributed by atoms with Crippen molar-refractivity contribution in [2.24, 2.45) is 0 Å². The van der Waals surface area contributed by atoms with Gasteiger partial charge in [-0.05, 0) is 39.3 Å². The number of rotatable bonds is 6. The average Bonchev–Trinajstić information content (AvgIpc) is 2.33. The van der Waals surface area contributed by atoms with Gasteiger partial charge in [-0.2, -0.15) is 0 Å². The highest BCUT2D eigenvalue weighted by Gasteiger charge is 2.25. The quantitative estimate of drug-likeness (QED) is 0.620. The minimum Gasteiger partial charge on any atom is -0.380 e. The van der Waals surface area contributed by atoms with Crippen LogP contribution in [0.1, 0.15) is 34.1 Å². The molecule has 0 saturated carbocycles. The summed E-state index contributed by atoms with van der Waals surface area (Å²) in [5, 5.41) is 14.0. The van der Waals surface area contributed by atoms with E-state index in [0.29, 0.717) is 12.2 Å². The summed E-state index contributed by atoms with van der Waals surface area (Å²) in [6.07, 6.45) is 0.808. The Balaban J connectivity index is 3.22. The summed E-state index contributed by atoms with van der Waals surface area (Å²) < 4.78 is 26.9. The van der Waals surface area contributed by atoms with Crippen LogP contribution in [0.3, 0.4) is 0 Å². The molecule has 0 amide bonds. The Labute approximate surface area is 124 Å². The number of hydrogen-bond acceptors (Lipinski definition) is 5. The number of hydrogen-bond donors (Lipinski definition) is 2. The predicted octanol–water partition coefficient (Wildman–Crippen LogP) is 2.49. The Morgan fingerprint density at radius 3 is 2.38 bits per heavy atom. The third kappa shape index (κ3) is 4.98. The molecule has 0 aliphatic rings. The second-order valence-corrected chi connectivity index (χ2v) is 7.40. The molecule has 0 heterocycles. The maximum Gasteiger partial charge on any atom is 0.293 e. The molecule has 0 radical (unpaired) electrons. The van der Waals surface area contributed by atoms with Crippen LogP contribution in [0.5, 0.6) is 0 Å². The maximum absolute atomic E-state index is 12.2. The second-order valence-electron chi connectivity index (χ2n) is 5.72. The highest BCUT2D eigenvalue weighted by Crippen LogP contribution is 2.28. The second kappa shape index (κ2) is 6.40. The smallest absolute Gasteiger partial charge is 0.293 e. The molecule has 1 aromatic rings. The van der Waals surface area contributed by atoms with Gasteiger partial charge >= 0.3 is 0 Å². The molecule has 1 rings (SSSR count). The van der Waals surface area contributed by atoms with Crippen LogP contribution in [0.15, 0.2) is 23.1 Å². The van der Waals surface area contributed by atoms with Crippen LogP contribution < -0.4 is 10.0 Å². The van der Waals surface area contributed by atoms with Crippen molar-refractivity contribution in [1.29, 1.82) is 0 Å². The van der Waals surface area contributed by atoms with Crippen molar-refractivity contribution >= 4 is 21.4 Å². The van der Waals surface area contributed by atoms with Gasteiger partial charge in [-0.25, -0.2) is 13.1 Å². The molecule has 0 spiro atoms. The molecule has 0 unspecified atom stereocenters. The topological polar surface area (TPSA) is 101 Å². The fraction of sp³-hybridized carbons (Fsp3) is 0.538. The molecular formula is C13H21N3O4S. The lowest BCUT2D eigenvalue weighted by molar-refractivity contribution is -0.384. The summed E-state index contributed by atoms with van der Waals surface area (Å²) in [7, 11) is -3.79. The normalized spacial score (nSPS) is 12.2. The molecule has 118 valence electrons. The first kappa shape index (κ1) is 17.4. The van der Waals surface area contributed by atoms with E-state index in [0.717, 1.165) is 12.5 Å². The van der Waals surface area contributed by atoms with E-state index in [-0.39, 0.29) is 10.6 Å². The van der Waals surface area contributed by atoms with Crippen LogP contribution in [0.25, 0.3) is 0 Å². The Kier molecular flexibility index (Phi) is 5.30. The molecule has 8 heteroatoms. The fourth-order valence-corrected chi connectivity index (χ4v) is 3.14. The minimum absolute atomic E-state index is 0.119. The SMILES string of the molecule is CCCNc1ccc(S(=O)(=O)NC(C)(C)C)cc1[N+](=O)[O-]. The largest absolute Gasteiger partial charge is 0.380 e. The number of nitro benzene ring substituents is 1. The molecule has 0 aliphatic carbocycles. The average molecular weight is 315 g/mol. The van der Waals surface area contributed by atoms with Crippen molar-refractivity contribution in [3.63, 3.8) is 0 Å². The van der Waals surface area contributed by atoms with Gasteiger partial charge in [0.05, 0.1) is 9.82 Å². The summed E-state index contributed by atoms with van der Waals surface area (Å²) in [4.78, 5) is 10.4. The van der Waals surface area contributed by atoms with E-state index >= 15 is 0 Å². The molecule has 0 atom stereocenters. The van der Waals surface area contributed by atoms with Gasteiger partial charge in [0.15, 0.2) is 0 Å². The highest BCUT2D eigenvalue weighted by atomic mass is 32.2. The van der Waals surface area contributed by atoms with Gasteiger partial charge in [0.1, 0.15) is 5.69 Å². The fourth-order valence-electron chi connectivity index (χ4n) is 1.70. The van der Waals surface area contributed by atoms with Crippen LogP contribution >= 0.6 is 0 Å². The molecule has 0 aromatic heterocycles. The highest BCUT2D eigenvalue weighted by molar-refractivity contribution is 7.89. The summed E-state index contributed by atoms with van der Waals surface area (Å²) in [5.74, 6) is 0. The Morgan fingerprint density at radius 1 is 1.29 bits per heavy atom. The van der Waals surface area contributed by atoms with Gasteiger partial charge < -0.3 is 5.32 Å². The number of nitrogens with zero attached hydrogens (tertiary/aromatic N) is 1. The van der Waals surface area contributed by atoms with Crippen molar-refractivity contribution in [3.05, 3.63) is 28.3 Å². The van der Waals surface area contributed by atoms with Gasteiger partial charge in [-0.15, -0.1) is 0 Å². The lowest BCUT2D eigenvalue weighted by atomic mass is 10.1. The van der Waals surface area contributed by atoms with Crippen LogP contribution in [-0.2, 0) is 10.0 Å². The predicted molar refractivity (Wildman–Crippen MR) is 82.0 cm³/mol. The molecule has 0 saturated heterocycles. The first-order valence-corrected chi connectivity index (χ1v) is 8.11. The van der Waals surface area contributed by atoms with Crippen LogP contribution in [0.4, 0.5) is 11.4 Å². The molecule has 1 aromatic carbocycles. The first-order valence-electron chi connectivity index (χ1n) is 6.63. The van der Waals surface area contributed by atoms with Gasteiger partial charge in [0.2, 0.25) is 10.0 Å². The Hall–Kier alpha value is -1.67. The van der Waals surface area contributed by atoms with E-state index in [2.05, 4.69) is 10.0 Å². The van der Waals surface area contributed by atoms with Gasteiger partial charge in [-0.1, -0.05) is 6.92 Å². The van der Waals surface area contributed by atoms with Crippen molar-refractivity contribution in [2.75, 3.05) is 11.9 Å². The minimum atomic E-state index is -3.79. The number of anilines is 1. The van der Waals surface area contributed by atoms with E-state index < -0.39 is 20.5 Å². The summed E-state index contributed by atoms with van der Waals surface area (Å²) in [5.41, 5.74) is -0.594. The molecular weight excluding hydrogens is 294 g/mol. The first-order chi connectivity index (χ1) is 9.57. The van der Waals surface area contributed by atoms with E-state index in [1.54, 1.807) is 20.8 Å². The van der Waals surface area contributed by atoms with Gasteiger partial charge in [0, 0.05) is 18.2 Å². The Morgan fingerprint density at radius 2 is 1.90 bits per heavy atom. The number of sulfonamides is 1. The van der Waals surface area contributed by atoms with E-state index in [1.807, 2.05) is 6.92 Å². The van der Waals surface area contributed by atoms with E-state index in [1.165, 1.54) is 12.1 Å². The summed E-state index contributed by atoms with van der Waals surface area (Å²) in [6.45, 7) is 7.63. The third-order valence-corrected chi connectivity index (χ3v) is 4.24. The number of nitrogens with one attached hydrogen (secondary N) is 2. The zero-order chi connectivity index (χ0) is 16.3. The number of nitro groups is 1.